The molecule has 9 nitrogen and oxygen atoms in total. The summed E-state index contributed by atoms with van der Waals surface area (Å²) in [7, 11) is 0. The van der Waals surface area contributed by atoms with Crippen molar-refractivity contribution < 1.29 is 42.5 Å². The van der Waals surface area contributed by atoms with Crippen LogP contribution in [-0.2, 0) is 35.2 Å². The van der Waals surface area contributed by atoms with Crippen molar-refractivity contribution in [3.05, 3.63) is 35.6 Å². The molecular weight excluding hydrogens is 430 g/mol. The van der Waals surface area contributed by atoms with Crippen LogP contribution >= 0.6 is 0 Å². The second kappa shape index (κ2) is 8.72. The minimum Gasteiger partial charge on any atom is -0.479 e. The number of carboxylic acids is 1. The molecule has 176 valence electrons. The van der Waals surface area contributed by atoms with Gasteiger partial charge in [0.1, 0.15) is 17.4 Å². The molecule has 0 bridgehead atoms. The van der Waals surface area contributed by atoms with Crippen molar-refractivity contribution >= 4 is 17.9 Å². The number of rotatable bonds is 9. The molecule has 0 amide bonds. The number of carbonyl (C=O) groups excluding carboxylic acids is 2. The van der Waals surface area contributed by atoms with Gasteiger partial charge in [0.15, 0.2) is 0 Å². The third kappa shape index (κ3) is 4.07. The van der Waals surface area contributed by atoms with E-state index in [2.05, 4.69) is 0 Å². The summed E-state index contributed by atoms with van der Waals surface area (Å²) in [5, 5.41) is 9.27. The Morgan fingerprint density at radius 1 is 1.22 bits per heavy atom. The van der Waals surface area contributed by atoms with Crippen LogP contribution in [0.15, 0.2) is 24.3 Å². The number of alkyl halides is 1. The summed E-state index contributed by atoms with van der Waals surface area (Å²) in [6, 6.07) is 4.45. The van der Waals surface area contributed by atoms with Crippen molar-refractivity contribution in [3.63, 3.8) is 0 Å². The van der Waals surface area contributed by atoms with E-state index in [4.69, 9.17) is 25.7 Å². The van der Waals surface area contributed by atoms with E-state index in [-0.39, 0.29) is 18.9 Å². The monoisotopic (exact) mass is 456 g/mol. The first kappa shape index (κ1) is 24.0. The van der Waals surface area contributed by atoms with Gasteiger partial charge in [0.2, 0.25) is 12.5 Å². The molecule has 2 saturated carbocycles. The molecule has 0 aromatic heterocycles. The highest BCUT2D eigenvalue weighted by molar-refractivity contribution is 5.91. The van der Waals surface area contributed by atoms with Gasteiger partial charge in [-0.25, -0.2) is 18.4 Å². The first-order chi connectivity index (χ1) is 14.9. The van der Waals surface area contributed by atoms with Crippen LogP contribution < -0.4 is 11.5 Å². The molecule has 32 heavy (non-hydrogen) atoms. The summed E-state index contributed by atoms with van der Waals surface area (Å²) in [5.41, 5.74) is 7.65. The zero-order valence-corrected chi connectivity index (χ0v) is 17.6. The topological polar surface area (TPSA) is 151 Å². The van der Waals surface area contributed by atoms with E-state index in [1.807, 2.05) is 0 Å². The Bertz CT molecular complexity index is 897. The Balaban J connectivity index is 1.69. The number of ether oxygens (including phenoxy) is 3. The largest absolute Gasteiger partial charge is 0.479 e. The van der Waals surface area contributed by atoms with E-state index in [0.717, 1.165) is 0 Å². The summed E-state index contributed by atoms with van der Waals surface area (Å²) in [6.07, 6.45) is -1.19. The molecule has 6 atom stereocenters. The Hall–Kier alpha value is -2.63. The maximum absolute atomic E-state index is 14.9. The summed E-state index contributed by atoms with van der Waals surface area (Å²) < 4.78 is 43.5. The standard InChI is InChI=1S/C21H26F2N2O7/c1-10(2)15(24)17(26)31-9-32-19(29)21(25)14(7-13-16(21)20(13,23)18(27)28)30-8-11-3-5-12(22)6-4-11/h3-6,10,13-16H,7-9,24-25H2,1-2H3,(H,27,28)/t13-,14-,15?,16+,20-,21+/m1/s1. The lowest BCUT2D eigenvalue weighted by molar-refractivity contribution is -0.178. The van der Waals surface area contributed by atoms with E-state index in [0.29, 0.717) is 5.56 Å². The number of aliphatic carboxylic acids is 1. The van der Waals surface area contributed by atoms with Gasteiger partial charge in [-0.3, -0.25) is 4.79 Å². The van der Waals surface area contributed by atoms with E-state index >= 15 is 0 Å². The van der Waals surface area contributed by atoms with Crippen molar-refractivity contribution in [1.29, 1.82) is 0 Å². The smallest absolute Gasteiger partial charge is 0.342 e. The number of hydrogen-bond donors (Lipinski definition) is 3. The van der Waals surface area contributed by atoms with Crippen molar-refractivity contribution in [2.45, 2.75) is 50.2 Å². The maximum Gasteiger partial charge on any atom is 0.342 e. The van der Waals surface area contributed by atoms with Gasteiger partial charge in [-0.1, -0.05) is 26.0 Å². The van der Waals surface area contributed by atoms with E-state index in [1.165, 1.54) is 24.3 Å². The van der Waals surface area contributed by atoms with E-state index < -0.39 is 65.7 Å². The minimum atomic E-state index is -2.68. The fourth-order valence-electron chi connectivity index (χ4n) is 4.21. The molecule has 1 unspecified atom stereocenters. The Kier molecular flexibility index (Phi) is 6.55. The second-order valence-corrected chi connectivity index (χ2v) is 8.54. The second-order valence-electron chi connectivity index (χ2n) is 8.54. The maximum atomic E-state index is 14.9. The zero-order chi connectivity index (χ0) is 23.8. The fourth-order valence-corrected chi connectivity index (χ4v) is 4.21. The van der Waals surface area contributed by atoms with Gasteiger partial charge >= 0.3 is 17.9 Å². The summed E-state index contributed by atoms with van der Waals surface area (Å²) in [4.78, 5) is 36.1. The van der Waals surface area contributed by atoms with Crippen LogP contribution in [0.25, 0.3) is 0 Å². The van der Waals surface area contributed by atoms with Gasteiger partial charge in [-0.05, 0) is 30.0 Å². The molecule has 0 heterocycles. The van der Waals surface area contributed by atoms with Gasteiger partial charge < -0.3 is 30.8 Å². The molecule has 11 heteroatoms. The number of nitrogens with two attached hydrogens (primary N) is 2. The molecule has 3 rings (SSSR count). The van der Waals surface area contributed by atoms with Gasteiger partial charge in [0, 0.05) is 11.8 Å². The predicted molar refractivity (Wildman–Crippen MR) is 105 cm³/mol. The van der Waals surface area contributed by atoms with Crippen LogP contribution in [0.3, 0.4) is 0 Å². The molecule has 2 aliphatic carbocycles. The SMILES string of the molecule is CC(C)C(N)C(=O)OCOC(=O)[C@@]1(N)[C@H]2[C@@H](C[C@H]1OCc1ccc(F)cc1)[C@]2(F)C(=O)O. The molecule has 0 saturated heterocycles. The summed E-state index contributed by atoms with van der Waals surface area (Å²) in [6.45, 7) is 2.52. The molecule has 0 radical (unpaired) electrons. The van der Waals surface area contributed by atoms with Crippen molar-refractivity contribution in [2.24, 2.45) is 29.2 Å². The van der Waals surface area contributed by atoms with Crippen LogP contribution in [0.2, 0.25) is 0 Å². The number of esters is 2. The number of fused-ring (bicyclic) bond motifs is 1. The number of hydrogen-bond acceptors (Lipinski definition) is 8. The van der Waals surface area contributed by atoms with Gasteiger partial charge in [-0.15, -0.1) is 0 Å². The molecule has 0 spiro atoms. The third-order valence-electron chi connectivity index (χ3n) is 6.23. The van der Waals surface area contributed by atoms with Crippen LogP contribution in [-0.4, -0.2) is 53.2 Å². The molecule has 2 aliphatic rings. The first-order valence-corrected chi connectivity index (χ1v) is 10.1. The van der Waals surface area contributed by atoms with Crippen molar-refractivity contribution in [2.75, 3.05) is 6.79 Å². The first-order valence-electron chi connectivity index (χ1n) is 10.1. The number of carbonyl (C=O) groups is 3. The predicted octanol–water partition coefficient (Wildman–Crippen LogP) is 0.878. The third-order valence-corrected chi connectivity index (χ3v) is 6.23. The summed E-state index contributed by atoms with van der Waals surface area (Å²) >= 11 is 0. The van der Waals surface area contributed by atoms with Gasteiger partial charge in [0.25, 0.3) is 0 Å². The molecule has 5 N–H and O–H groups in total. The normalized spacial score (nSPS) is 31.7. The number of halogens is 2. The highest BCUT2D eigenvalue weighted by atomic mass is 19.1. The molecule has 0 aliphatic heterocycles. The minimum absolute atomic E-state index is 0.0683. The average Bonchev–Trinajstić information content (AvgIpc) is 3.22. The Morgan fingerprint density at radius 2 is 1.84 bits per heavy atom. The zero-order valence-electron chi connectivity index (χ0n) is 17.6. The number of benzene rings is 1. The lowest BCUT2D eigenvalue weighted by Gasteiger charge is -2.33. The molecule has 1 aromatic rings. The lowest BCUT2D eigenvalue weighted by Crippen LogP contribution is -2.61. The number of carboxylic acid groups (broad SMARTS) is 1. The van der Waals surface area contributed by atoms with Crippen molar-refractivity contribution in [1.82, 2.24) is 0 Å². The average molecular weight is 456 g/mol. The van der Waals surface area contributed by atoms with E-state index in [1.54, 1.807) is 13.8 Å². The Labute approximate surface area is 183 Å². The van der Waals surface area contributed by atoms with Crippen molar-refractivity contribution in [3.8, 4) is 0 Å². The van der Waals surface area contributed by atoms with Gasteiger partial charge in [0.05, 0.1) is 12.7 Å². The highest BCUT2D eigenvalue weighted by Gasteiger charge is 2.85. The molecule has 1 aromatic carbocycles. The van der Waals surface area contributed by atoms with Gasteiger partial charge in [-0.2, -0.15) is 0 Å². The highest BCUT2D eigenvalue weighted by Crippen LogP contribution is 2.67. The van der Waals surface area contributed by atoms with E-state index in [9.17, 15) is 28.3 Å². The fraction of sp³-hybridized carbons (Fsp3) is 0.571. The van der Waals surface area contributed by atoms with Crippen LogP contribution in [0.4, 0.5) is 8.78 Å². The molecular formula is C21H26F2N2O7. The lowest BCUT2D eigenvalue weighted by atomic mass is 9.87. The quantitative estimate of drug-likeness (QED) is 0.363. The van der Waals surface area contributed by atoms with Crippen LogP contribution in [0, 0.1) is 23.6 Å². The molecule has 2 fully saturated rings. The van der Waals surface area contributed by atoms with Crippen LogP contribution in [0.1, 0.15) is 25.8 Å². The summed E-state index contributed by atoms with van der Waals surface area (Å²) in [5.74, 6) is -6.73. The van der Waals surface area contributed by atoms with Crippen LogP contribution in [0.5, 0.6) is 0 Å². The Morgan fingerprint density at radius 3 is 2.41 bits per heavy atom.